The van der Waals surface area contributed by atoms with Gasteiger partial charge in [-0.3, -0.25) is 4.79 Å². The van der Waals surface area contributed by atoms with E-state index in [1.807, 2.05) is 26.0 Å². The smallest absolute Gasteiger partial charge is 0.174 e. The van der Waals surface area contributed by atoms with Gasteiger partial charge in [-0.25, -0.2) is 4.39 Å². The number of carbonyl (C=O) groups excluding carboxylic acids is 1. The molecule has 112 valence electrons. The first-order chi connectivity index (χ1) is 10.0. The van der Waals surface area contributed by atoms with Crippen LogP contribution in [0.15, 0.2) is 24.3 Å². The Balaban J connectivity index is 2.10. The molecule has 0 fully saturated rings. The molecule has 0 aromatic heterocycles. The fourth-order valence-electron chi connectivity index (χ4n) is 2.66. The van der Waals surface area contributed by atoms with Crippen molar-refractivity contribution in [2.24, 2.45) is 5.92 Å². The first-order valence-electron chi connectivity index (χ1n) is 7.82. The lowest BCUT2D eigenvalue weighted by molar-refractivity contribution is 0.0939. The zero-order valence-corrected chi connectivity index (χ0v) is 12.9. The number of hydrogen-bond donors (Lipinski definition) is 0. The van der Waals surface area contributed by atoms with E-state index in [-0.39, 0.29) is 11.7 Å². The maximum Gasteiger partial charge on any atom is 0.174 e. The highest BCUT2D eigenvalue weighted by Crippen LogP contribution is 2.26. The van der Waals surface area contributed by atoms with Crippen molar-refractivity contribution in [3.05, 3.63) is 35.4 Å². The second-order valence-electron chi connectivity index (χ2n) is 6.22. The maximum atomic E-state index is 14.8. The number of rotatable bonds is 4. The van der Waals surface area contributed by atoms with Crippen molar-refractivity contribution in [3.63, 3.8) is 0 Å². The summed E-state index contributed by atoms with van der Waals surface area (Å²) in [6.45, 7) is 3.77. The summed E-state index contributed by atoms with van der Waals surface area (Å²) in [6.07, 6.45) is 4.66. The highest BCUT2D eigenvalue weighted by molar-refractivity contribution is 5.97. The van der Waals surface area contributed by atoms with E-state index in [0.29, 0.717) is 18.4 Å². The first-order valence-corrected chi connectivity index (χ1v) is 7.82. The molecule has 0 amide bonds. The lowest BCUT2D eigenvalue weighted by Gasteiger charge is -2.21. The Morgan fingerprint density at radius 2 is 1.95 bits per heavy atom. The Morgan fingerprint density at radius 3 is 2.62 bits per heavy atom. The van der Waals surface area contributed by atoms with Gasteiger partial charge in [-0.05, 0) is 24.8 Å². The third-order valence-corrected chi connectivity index (χ3v) is 3.93. The standard InChI is InChI=1S/C19H23FO/c1-15(2)18(21)17-10-8-16(9-11-17)14-19(20)12-6-4-3-5-7-13-19/h8-11,15H,3-6,12,14H2,1-2H3. The Kier molecular flexibility index (Phi) is 5.17. The van der Waals surface area contributed by atoms with E-state index in [2.05, 4.69) is 11.8 Å². The summed E-state index contributed by atoms with van der Waals surface area (Å²) in [5.41, 5.74) is 0.197. The van der Waals surface area contributed by atoms with Crippen LogP contribution in [0, 0.1) is 17.8 Å². The molecule has 1 unspecified atom stereocenters. The van der Waals surface area contributed by atoms with Crippen LogP contribution in [0.2, 0.25) is 0 Å². The van der Waals surface area contributed by atoms with E-state index in [1.54, 1.807) is 12.1 Å². The van der Waals surface area contributed by atoms with Crippen molar-refractivity contribution < 1.29 is 9.18 Å². The Hall–Kier alpha value is -1.62. The number of Topliss-reactive ketones (excluding diaryl/α,β-unsaturated/α-hetero) is 1. The molecule has 1 aromatic rings. The van der Waals surface area contributed by atoms with Crippen molar-refractivity contribution >= 4 is 5.78 Å². The molecular formula is C19H23FO. The topological polar surface area (TPSA) is 17.1 Å². The number of hydrogen-bond acceptors (Lipinski definition) is 1. The third-order valence-electron chi connectivity index (χ3n) is 3.93. The molecule has 1 aromatic carbocycles. The normalized spacial score (nSPS) is 22.1. The van der Waals surface area contributed by atoms with Crippen molar-refractivity contribution in [3.8, 4) is 11.8 Å². The summed E-state index contributed by atoms with van der Waals surface area (Å²) in [7, 11) is 0. The molecule has 1 nitrogen and oxygen atoms in total. The van der Waals surface area contributed by atoms with Gasteiger partial charge in [0, 0.05) is 24.3 Å². The molecule has 21 heavy (non-hydrogen) atoms. The molecule has 0 bridgehead atoms. The van der Waals surface area contributed by atoms with Crippen LogP contribution in [0.1, 0.15) is 61.9 Å². The minimum absolute atomic E-state index is 0.0140. The van der Waals surface area contributed by atoms with E-state index < -0.39 is 5.67 Å². The molecule has 1 atom stereocenters. The number of halogens is 1. The van der Waals surface area contributed by atoms with Gasteiger partial charge in [0.1, 0.15) is 0 Å². The Bertz CT molecular complexity index is 547. The Morgan fingerprint density at radius 1 is 1.24 bits per heavy atom. The molecule has 0 aliphatic heterocycles. The lowest BCUT2D eigenvalue weighted by atomic mass is 9.89. The summed E-state index contributed by atoms with van der Waals surface area (Å²) in [5.74, 6) is 5.90. The van der Waals surface area contributed by atoms with Crippen molar-refractivity contribution in [1.29, 1.82) is 0 Å². The van der Waals surface area contributed by atoms with Crippen LogP contribution in [0.25, 0.3) is 0 Å². The van der Waals surface area contributed by atoms with Crippen molar-refractivity contribution in [2.75, 3.05) is 0 Å². The van der Waals surface area contributed by atoms with E-state index in [4.69, 9.17) is 0 Å². The van der Waals surface area contributed by atoms with Gasteiger partial charge in [0.2, 0.25) is 0 Å². The van der Waals surface area contributed by atoms with Gasteiger partial charge < -0.3 is 0 Å². The van der Waals surface area contributed by atoms with Crippen molar-refractivity contribution in [2.45, 2.75) is 58.0 Å². The van der Waals surface area contributed by atoms with Crippen LogP contribution >= 0.6 is 0 Å². The predicted octanol–water partition coefficient (Wildman–Crippen LogP) is 4.74. The fourth-order valence-corrected chi connectivity index (χ4v) is 2.66. The summed E-state index contributed by atoms with van der Waals surface area (Å²) in [4.78, 5) is 11.9. The molecule has 0 saturated heterocycles. The van der Waals surface area contributed by atoms with Gasteiger partial charge >= 0.3 is 0 Å². The van der Waals surface area contributed by atoms with Gasteiger partial charge in [-0.2, -0.15) is 0 Å². The first kappa shape index (κ1) is 15.8. The monoisotopic (exact) mass is 286 g/mol. The molecule has 1 aliphatic rings. The van der Waals surface area contributed by atoms with E-state index in [1.165, 1.54) is 0 Å². The fraction of sp³-hybridized carbons (Fsp3) is 0.526. The van der Waals surface area contributed by atoms with Crippen LogP contribution in [0.5, 0.6) is 0 Å². The highest BCUT2D eigenvalue weighted by atomic mass is 19.1. The number of ketones is 1. The van der Waals surface area contributed by atoms with Gasteiger partial charge in [0.05, 0.1) is 0 Å². The maximum absolute atomic E-state index is 14.8. The van der Waals surface area contributed by atoms with Crippen LogP contribution in [-0.2, 0) is 6.42 Å². The molecule has 2 heteroatoms. The van der Waals surface area contributed by atoms with Gasteiger partial charge in [0.15, 0.2) is 11.5 Å². The lowest BCUT2D eigenvalue weighted by Crippen LogP contribution is -2.24. The van der Waals surface area contributed by atoms with Crippen LogP contribution < -0.4 is 0 Å². The summed E-state index contributed by atoms with van der Waals surface area (Å²) < 4.78 is 14.8. The third kappa shape index (κ3) is 4.43. The average molecular weight is 286 g/mol. The zero-order chi connectivity index (χ0) is 15.3. The number of carbonyl (C=O) groups is 1. The molecular weight excluding hydrogens is 263 g/mol. The van der Waals surface area contributed by atoms with Gasteiger partial charge in [0.25, 0.3) is 0 Å². The number of benzene rings is 1. The average Bonchev–Trinajstić information content (AvgIpc) is 2.43. The van der Waals surface area contributed by atoms with Gasteiger partial charge in [-0.1, -0.05) is 56.4 Å². The summed E-state index contributed by atoms with van der Waals surface area (Å²) in [5, 5.41) is 0. The zero-order valence-electron chi connectivity index (χ0n) is 12.9. The number of alkyl halides is 1. The van der Waals surface area contributed by atoms with Gasteiger partial charge in [-0.15, -0.1) is 0 Å². The molecule has 1 aliphatic carbocycles. The SMILES string of the molecule is CC(C)C(=O)c1ccc(CC2(F)C#CCCCCC2)cc1. The molecule has 0 heterocycles. The van der Waals surface area contributed by atoms with E-state index in [9.17, 15) is 9.18 Å². The second kappa shape index (κ2) is 6.89. The predicted molar refractivity (Wildman–Crippen MR) is 84.0 cm³/mol. The van der Waals surface area contributed by atoms with E-state index in [0.717, 1.165) is 31.2 Å². The largest absolute Gasteiger partial charge is 0.294 e. The highest BCUT2D eigenvalue weighted by Gasteiger charge is 2.27. The van der Waals surface area contributed by atoms with E-state index >= 15 is 0 Å². The van der Waals surface area contributed by atoms with Crippen LogP contribution in [0.4, 0.5) is 4.39 Å². The minimum atomic E-state index is -1.41. The molecule has 0 spiro atoms. The molecule has 2 rings (SSSR count). The summed E-state index contributed by atoms with van der Waals surface area (Å²) in [6, 6.07) is 7.32. The van der Waals surface area contributed by atoms with Crippen LogP contribution in [-0.4, -0.2) is 11.5 Å². The minimum Gasteiger partial charge on any atom is -0.294 e. The summed E-state index contributed by atoms with van der Waals surface area (Å²) >= 11 is 0. The molecule has 0 radical (unpaired) electrons. The quantitative estimate of drug-likeness (QED) is 0.577. The second-order valence-corrected chi connectivity index (χ2v) is 6.22. The van der Waals surface area contributed by atoms with Crippen LogP contribution in [0.3, 0.4) is 0 Å². The Labute approximate surface area is 126 Å². The van der Waals surface area contributed by atoms with Crippen molar-refractivity contribution in [1.82, 2.24) is 0 Å². The molecule has 0 N–H and O–H groups in total. The molecule has 0 saturated carbocycles.